The van der Waals surface area contributed by atoms with Gasteiger partial charge in [0.05, 0.1) is 11.6 Å². The molecule has 0 aromatic carbocycles. The molecule has 19 heavy (non-hydrogen) atoms. The number of nitrogens with two attached hydrogens (primary N) is 1. The molecule has 1 spiro atoms. The van der Waals surface area contributed by atoms with Gasteiger partial charge in [0, 0.05) is 23.2 Å². The van der Waals surface area contributed by atoms with Crippen LogP contribution in [0.5, 0.6) is 0 Å². The predicted molar refractivity (Wildman–Crippen MR) is 65.0 cm³/mol. The standard InChI is InChI=1S/C13H13FN4O/c14-9-4-10-16-6-8-7(12(15)19)5-13(2-1-3-13)11(8)18(10)17-9/h4,6-7H,1-3,5H2,(H2,15,19). The summed E-state index contributed by atoms with van der Waals surface area (Å²) in [5, 5.41) is 3.89. The van der Waals surface area contributed by atoms with Gasteiger partial charge in [0.15, 0.2) is 5.65 Å². The number of carbonyl (C=O) groups is 1. The maximum Gasteiger partial charge on any atom is 0.235 e. The summed E-state index contributed by atoms with van der Waals surface area (Å²) in [4.78, 5) is 15.8. The molecule has 2 aromatic heterocycles. The zero-order valence-electron chi connectivity index (χ0n) is 10.3. The van der Waals surface area contributed by atoms with Crippen LogP contribution in [0.3, 0.4) is 0 Å². The van der Waals surface area contributed by atoms with E-state index >= 15 is 0 Å². The SMILES string of the molecule is NC(=O)C1CC2(CCC2)c2c1cnc1cc(F)nn21. The topological polar surface area (TPSA) is 73.3 Å². The van der Waals surface area contributed by atoms with Crippen LogP contribution in [0.15, 0.2) is 12.3 Å². The Morgan fingerprint density at radius 1 is 1.53 bits per heavy atom. The maximum atomic E-state index is 13.4. The van der Waals surface area contributed by atoms with Crippen LogP contribution in [0.1, 0.15) is 42.9 Å². The minimum Gasteiger partial charge on any atom is -0.369 e. The molecule has 2 heterocycles. The summed E-state index contributed by atoms with van der Waals surface area (Å²) in [7, 11) is 0. The van der Waals surface area contributed by atoms with E-state index in [0.717, 1.165) is 30.5 Å². The summed E-state index contributed by atoms with van der Waals surface area (Å²) < 4.78 is 14.9. The highest BCUT2D eigenvalue weighted by molar-refractivity contribution is 5.84. The van der Waals surface area contributed by atoms with Gasteiger partial charge in [-0.05, 0) is 19.3 Å². The van der Waals surface area contributed by atoms with Crippen LogP contribution in [0.25, 0.3) is 5.65 Å². The molecule has 6 heteroatoms. The van der Waals surface area contributed by atoms with Crippen molar-refractivity contribution < 1.29 is 9.18 Å². The van der Waals surface area contributed by atoms with Gasteiger partial charge in [-0.3, -0.25) is 4.79 Å². The summed E-state index contributed by atoms with van der Waals surface area (Å²) in [5.41, 5.74) is 7.69. The third-order valence-electron chi connectivity index (χ3n) is 4.61. The van der Waals surface area contributed by atoms with E-state index < -0.39 is 5.95 Å². The number of nitrogens with zero attached hydrogens (tertiary/aromatic N) is 3. The van der Waals surface area contributed by atoms with E-state index in [1.165, 1.54) is 6.07 Å². The number of aromatic nitrogens is 3. The van der Waals surface area contributed by atoms with Crippen LogP contribution in [0.2, 0.25) is 0 Å². The molecule has 1 unspecified atom stereocenters. The third kappa shape index (κ3) is 1.26. The molecule has 2 aromatic rings. The number of carbonyl (C=O) groups excluding carboxylic acids is 1. The highest BCUT2D eigenvalue weighted by Crippen LogP contribution is 2.56. The van der Waals surface area contributed by atoms with E-state index in [-0.39, 0.29) is 17.2 Å². The van der Waals surface area contributed by atoms with Crippen LogP contribution >= 0.6 is 0 Å². The molecule has 0 bridgehead atoms. The summed E-state index contributed by atoms with van der Waals surface area (Å²) in [6.45, 7) is 0. The number of hydrogen-bond donors (Lipinski definition) is 1. The van der Waals surface area contributed by atoms with E-state index in [2.05, 4.69) is 10.1 Å². The molecule has 2 aliphatic rings. The molecule has 2 aliphatic carbocycles. The van der Waals surface area contributed by atoms with Crippen LogP contribution in [-0.4, -0.2) is 20.5 Å². The van der Waals surface area contributed by atoms with Crippen molar-refractivity contribution in [1.82, 2.24) is 14.6 Å². The Labute approximate surface area is 108 Å². The zero-order valence-corrected chi connectivity index (χ0v) is 10.3. The number of primary amides is 1. The lowest BCUT2D eigenvalue weighted by Crippen LogP contribution is -2.34. The highest BCUT2D eigenvalue weighted by atomic mass is 19.1. The number of rotatable bonds is 1. The first-order valence-corrected chi connectivity index (χ1v) is 6.45. The lowest BCUT2D eigenvalue weighted by atomic mass is 9.66. The van der Waals surface area contributed by atoms with Crippen LogP contribution in [0, 0.1) is 5.95 Å². The lowest BCUT2D eigenvalue weighted by Gasteiger charge is -2.39. The van der Waals surface area contributed by atoms with Crippen molar-refractivity contribution in [2.45, 2.75) is 37.0 Å². The summed E-state index contributed by atoms with van der Waals surface area (Å²) >= 11 is 0. The third-order valence-corrected chi connectivity index (χ3v) is 4.61. The summed E-state index contributed by atoms with van der Waals surface area (Å²) in [6, 6.07) is 1.31. The fraction of sp³-hybridized carbons (Fsp3) is 0.462. The smallest absolute Gasteiger partial charge is 0.235 e. The second-order valence-corrected chi connectivity index (χ2v) is 5.59. The van der Waals surface area contributed by atoms with Crippen LogP contribution < -0.4 is 5.73 Å². The molecule has 98 valence electrons. The molecule has 2 N–H and O–H groups in total. The van der Waals surface area contributed by atoms with E-state index in [1.54, 1.807) is 10.7 Å². The normalized spacial score (nSPS) is 23.5. The van der Waals surface area contributed by atoms with Gasteiger partial charge in [-0.25, -0.2) is 9.50 Å². The van der Waals surface area contributed by atoms with Gasteiger partial charge < -0.3 is 5.73 Å². The molecule has 0 aliphatic heterocycles. The average molecular weight is 260 g/mol. The first-order chi connectivity index (χ1) is 9.11. The fourth-order valence-corrected chi connectivity index (χ4v) is 3.60. The molecular formula is C13H13FN4O. The summed E-state index contributed by atoms with van der Waals surface area (Å²) in [6.07, 6.45) is 5.50. The van der Waals surface area contributed by atoms with Crippen molar-refractivity contribution >= 4 is 11.6 Å². The predicted octanol–water partition coefficient (Wildman–Crippen LogP) is 1.26. The molecule has 4 rings (SSSR count). The molecule has 0 saturated heterocycles. The van der Waals surface area contributed by atoms with Crippen molar-refractivity contribution in [2.75, 3.05) is 0 Å². The molecule has 0 radical (unpaired) electrons. The minimum absolute atomic E-state index is 0.0608. The zero-order chi connectivity index (χ0) is 13.2. The second kappa shape index (κ2) is 3.31. The van der Waals surface area contributed by atoms with Crippen molar-refractivity contribution in [3.05, 3.63) is 29.5 Å². The Kier molecular flexibility index (Phi) is 1.90. The molecule has 5 nitrogen and oxygen atoms in total. The van der Waals surface area contributed by atoms with Gasteiger partial charge in [-0.1, -0.05) is 6.42 Å². The minimum atomic E-state index is -0.544. The van der Waals surface area contributed by atoms with E-state index in [4.69, 9.17) is 5.73 Å². The van der Waals surface area contributed by atoms with Gasteiger partial charge >= 0.3 is 0 Å². The Hall–Kier alpha value is -1.98. The van der Waals surface area contributed by atoms with E-state index in [1.807, 2.05) is 0 Å². The van der Waals surface area contributed by atoms with Crippen molar-refractivity contribution in [2.24, 2.45) is 5.73 Å². The summed E-state index contributed by atoms with van der Waals surface area (Å²) in [5.74, 6) is -1.20. The highest BCUT2D eigenvalue weighted by Gasteiger charge is 2.51. The monoisotopic (exact) mass is 260 g/mol. The van der Waals surface area contributed by atoms with E-state index in [9.17, 15) is 9.18 Å². The number of halogens is 1. The average Bonchev–Trinajstić information content (AvgIpc) is 2.83. The van der Waals surface area contributed by atoms with Crippen LogP contribution in [0.4, 0.5) is 4.39 Å². The molecule has 1 atom stereocenters. The van der Waals surface area contributed by atoms with Gasteiger partial charge in [0.1, 0.15) is 0 Å². The molecule has 1 fully saturated rings. The van der Waals surface area contributed by atoms with Crippen molar-refractivity contribution in [3.8, 4) is 0 Å². The van der Waals surface area contributed by atoms with Crippen molar-refractivity contribution in [1.29, 1.82) is 0 Å². The quantitative estimate of drug-likeness (QED) is 0.839. The Morgan fingerprint density at radius 2 is 2.32 bits per heavy atom. The Bertz CT molecular complexity index is 704. The number of fused-ring (bicyclic) bond motifs is 4. The Balaban J connectivity index is 2.03. The van der Waals surface area contributed by atoms with Gasteiger partial charge in [0.25, 0.3) is 0 Å². The number of hydrogen-bond acceptors (Lipinski definition) is 3. The fourth-order valence-electron chi connectivity index (χ4n) is 3.60. The first-order valence-electron chi connectivity index (χ1n) is 6.45. The molecule has 1 saturated carbocycles. The molecule has 1 amide bonds. The second-order valence-electron chi connectivity index (χ2n) is 5.59. The van der Waals surface area contributed by atoms with Crippen LogP contribution in [-0.2, 0) is 10.2 Å². The van der Waals surface area contributed by atoms with Gasteiger partial charge in [-0.2, -0.15) is 4.39 Å². The van der Waals surface area contributed by atoms with Gasteiger partial charge in [0.2, 0.25) is 11.9 Å². The van der Waals surface area contributed by atoms with Gasteiger partial charge in [-0.15, -0.1) is 5.10 Å². The van der Waals surface area contributed by atoms with E-state index in [0.29, 0.717) is 12.1 Å². The lowest BCUT2D eigenvalue weighted by molar-refractivity contribution is -0.119. The first kappa shape index (κ1) is 10.9. The molecular weight excluding hydrogens is 247 g/mol. The largest absolute Gasteiger partial charge is 0.369 e. The number of amides is 1. The Morgan fingerprint density at radius 3 is 2.95 bits per heavy atom. The van der Waals surface area contributed by atoms with Crippen molar-refractivity contribution in [3.63, 3.8) is 0 Å². The maximum absolute atomic E-state index is 13.4.